The third-order valence-corrected chi connectivity index (χ3v) is 4.64. The van der Waals surface area contributed by atoms with Crippen molar-refractivity contribution in [1.82, 2.24) is 20.3 Å². The molecule has 1 aromatic carbocycles. The van der Waals surface area contributed by atoms with Crippen LogP contribution in [0.15, 0.2) is 53.3 Å². The SMILES string of the molecule is O=C(c1ccc(Br)cc1)N1CCCN1C(=S)NCc1cccnc1. The first-order valence-corrected chi connectivity index (χ1v) is 8.87. The van der Waals surface area contributed by atoms with Gasteiger partial charge < -0.3 is 5.32 Å². The minimum Gasteiger partial charge on any atom is -0.357 e. The Hall–Kier alpha value is -1.99. The van der Waals surface area contributed by atoms with Crippen molar-refractivity contribution in [2.45, 2.75) is 13.0 Å². The van der Waals surface area contributed by atoms with E-state index in [4.69, 9.17) is 12.2 Å². The number of carbonyl (C=O) groups excluding carboxylic acids is 1. The van der Waals surface area contributed by atoms with Crippen molar-refractivity contribution in [1.29, 1.82) is 0 Å². The van der Waals surface area contributed by atoms with Crippen molar-refractivity contribution in [3.05, 3.63) is 64.4 Å². The fourth-order valence-corrected chi connectivity index (χ4v) is 3.07. The fraction of sp³-hybridized carbons (Fsp3) is 0.235. The Morgan fingerprint density at radius 3 is 2.67 bits per heavy atom. The molecule has 0 aliphatic carbocycles. The molecule has 0 radical (unpaired) electrons. The molecule has 1 fully saturated rings. The highest BCUT2D eigenvalue weighted by Crippen LogP contribution is 2.17. The van der Waals surface area contributed by atoms with Gasteiger partial charge in [0, 0.05) is 42.1 Å². The number of carbonyl (C=O) groups is 1. The molecule has 1 aliphatic heterocycles. The number of rotatable bonds is 3. The topological polar surface area (TPSA) is 48.5 Å². The van der Waals surface area contributed by atoms with Crippen LogP contribution < -0.4 is 5.32 Å². The first kappa shape index (κ1) is 16.9. The minimum absolute atomic E-state index is 0.0365. The summed E-state index contributed by atoms with van der Waals surface area (Å²) in [5.74, 6) is -0.0365. The maximum absolute atomic E-state index is 12.7. The highest BCUT2D eigenvalue weighted by Gasteiger charge is 2.29. The van der Waals surface area contributed by atoms with E-state index in [1.54, 1.807) is 17.4 Å². The zero-order chi connectivity index (χ0) is 16.9. The van der Waals surface area contributed by atoms with Crippen LogP contribution in [0.1, 0.15) is 22.3 Å². The predicted molar refractivity (Wildman–Crippen MR) is 100 cm³/mol. The highest BCUT2D eigenvalue weighted by molar-refractivity contribution is 9.10. The second kappa shape index (κ2) is 7.72. The lowest BCUT2D eigenvalue weighted by Gasteiger charge is -2.30. The summed E-state index contributed by atoms with van der Waals surface area (Å²) in [5, 5.41) is 7.31. The Kier molecular flexibility index (Phi) is 5.42. The minimum atomic E-state index is -0.0365. The summed E-state index contributed by atoms with van der Waals surface area (Å²) in [5.41, 5.74) is 1.70. The maximum Gasteiger partial charge on any atom is 0.272 e. The van der Waals surface area contributed by atoms with Crippen molar-refractivity contribution >= 4 is 39.2 Å². The Balaban J connectivity index is 1.65. The Morgan fingerprint density at radius 2 is 1.96 bits per heavy atom. The number of aromatic nitrogens is 1. The van der Waals surface area contributed by atoms with Crippen LogP contribution in [0.25, 0.3) is 0 Å². The molecule has 0 spiro atoms. The summed E-state index contributed by atoms with van der Waals surface area (Å²) in [6, 6.07) is 11.2. The second-order valence-electron chi connectivity index (χ2n) is 5.43. The van der Waals surface area contributed by atoms with Gasteiger partial charge in [0.1, 0.15) is 0 Å². The van der Waals surface area contributed by atoms with Gasteiger partial charge in [0.2, 0.25) is 0 Å². The van der Waals surface area contributed by atoms with Crippen molar-refractivity contribution in [3.63, 3.8) is 0 Å². The number of hydrazine groups is 1. The molecule has 3 rings (SSSR count). The van der Waals surface area contributed by atoms with E-state index in [2.05, 4.69) is 26.2 Å². The lowest BCUT2D eigenvalue weighted by atomic mass is 10.2. The lowest BCUT2D eigenvalue weighted by molar-refractivity contribution is 0.0491. The molecule has 7 heteroatoms. The van der Waals surface area contributed by atoms with Crippen molar-refractivity contribution < 1.29 is 4.79 Å². The van der Waals surface area contributed by atoms with E-state index in [0.29, 0.717) is 23.8 Å². The van der Waals surface area contributed by atoms with Crippen LogP contribution in [0.2, 0.25) is 0 Å². The fourth-order valence-electron chi connectivity index (χ4n) is 2.55. The molecular formula is C17H17BrN4OS. The Morgan fingerprint density at radius 1 is 1.21 bits per heavy atom. The molecule has 5 nitrogen and oxygen atoms in total. The van der Waals surface area contributed by atoms with E-state index in [0.717, 1.165) is 23.0 Å². The van der Waals surface area contributed by atoms with E-state index in [1.165, 1.54) is 0 Å². The van der Waals surface area contributed by atoms with Crippen LogP contribution in [-0.4, -0.2) is 39.1 Å². The van der Waals surface area contributed by atoms with Gasteiger partial charge in [-0.25, -0.2) is 5.01 Å². The van der Waals surface area contributed by atoms with Crippen LogP contribution in [-0.2, 0) is 6.54 Å². The number of hydrogen-bond donors (Lipinski definition) is 1. The van der Waals surface area contributed by atoms with Gasteiger partial charge in [0.05, 0.1) is 0 Å². The number of benzene rings is 1. The number of nitrogens with one attached hydrogen (secondary N) is 1. The molecule has 0 atom stereocenters. The van der Waals surface area contributed by atoms with Gasteiger partial charge in [0.25, 0.3) is 5.91 Å². The molecule has 0 unspecified atom stereocenters. The van der Waals surface area contributed by atoms with Crippen LogP contribution in [0, 0.1) is 0 Å². The molecule has 0 saturated carbocycles. The number of nitrogens with zero attached hydrogens (tertiary/aromatic N) is 3. The monoisotopic (exact) mass is 404 g/mol. The number of hydrogen-bond acceptors (Lipinski definition) is 3. The third-order valence-electron chi connectivity index (χ3n) is 3.76. The Labute approximate surface area is 154 Å². The number of thiocarbonyl (C=S) groups is 1. The quantitative estimate of drug-likeness (QED) is 0.796. The van der Waals surface area contributed by atoms with E-state index in [-0.39, 0.29) is 5.91 Å². The largest absolute Gasteiger partial charge is 0.357 e. The van der Waals surface area contributed by atoms with Gasteiger partial charge in [-0.1, -0.05) is 22.0 Å². The van der Waals surface area contributed by atoms with Crippen molar-refractivity contribution in [3.8, 4) is 0 Å². The van der Waals surface area contributed by atoms with Crippen LogP contribution in [0.5, 0.6) is 0 Å². The average Bonchev–Trinajstić information content (AvgIpc) is 3.10. The summed E-state index contributed by atoms with van der Waals surface area (Å²) < 4.78 is 0.950. The van der Waals surface area contributed by atoms with Gasteiger partial charge in [0.15, 0.2) is 5.11 Å². The number of halogens is 1. The van der Waals surface area contributed by atoms with E-state index < -0.39 is 0 Å². The molecule has 1 amide bonds. The molecule has 124 valence electrons. The average molecular weight is 405 g/mol. The van der Waals surface area contributed by atoms with Gasteiger partial charge in [-0.15, -0.1) is 0 Å². The molecule has 2 heterocycles. The van der Waals surface area contributed by atoms with Crippen molar-refractivity contribution in [2.24, 2.45) is 0 Å². The van der Waals surface area contributed by atoms with E-state index >= 15 is 0 Å². The molecule has 24 heavy (non-hydrogen) atoms. The molecule has 1 N–H and O–H groups in total. The third kappa shape index (κ3) is 3.91. The zero-order valence-corrected chi connectivity index (χ0v) is 15.4. The maximum atomic E-state index is 12.7. The standard InChI is InChI=1S/C17H17BrN4OS/c18-15-6-4-14(5-7-15)16(23)21-9-2-10-22(21)17(24)20-12-13-3-1-8-19-11-13/h1,3-8,11H,2,9-10,12H2,(H,20,24). The number of pyridine rings is 1. The van der Waals surface area contributed by atoms with Gasteiger partial charge in [-0.05, 0) is 54.5 Å². The normalized spacial score (nSPS) is 13.9. The van der Waals surface area contributed by atoms with E-state index in [9.17, 15) is 4.79 Å². The molecule has 1 aliphatic rings. The smallest absolute Gasteiger partial charge is 0.272 e. The molecule has 0 bridgehead atoms. The Bertz CT molecular complexity index is 723. The number of amides is 1. The van der Waals surface area contributed by atoms with Crippen LogP contribution >= 0.6 is 28.1 Å². The summed E-state index contributed by atoms with van der Waals surface area (Å²) in [4.78, 5) is 16.8. The van der Waals surface area contributed by atoms with Crippen molar-refractivity contribution in [2.75, 3.05) is 13.1 Å². The molecule has 1 aromatic heterocycles. The summed E-state index contributed by atoms with van der Waals surface area (Å²) in [6.07, 6.45) is 4.43. The summed E-state index contributed by atoms with van der Waals surface area (Å²) in [6.45, 7) is 1.99. The van der Waals surface area contributed by atoms with E-state index in [1.807, 2.05) is 41.4 Å². The first-order chi connectivity index (χ1) is 11.6. The van der Waals surface area contributed by atoms with Gasteiger partial charge >= 0.3 is 0 Å². The molecule has 1 saturated heterocycles. The predicted octanol–water partition coefficient (Wildman–Crippen LogP) is 2.98. The summed E-state index contributed by atoms with van der Waals surface area (Å²) in [7, 11) is 0. The second-order valence-corrected chi connectivity index (χ2v) is 6.73. The van der Waals surface area contributed by atoms with Gasteiger partial charge in [-0.2, -0.15) is 0 Å². The highest BCUT2D eigenvalue weighted by atomic mass is 79.9. The first-order valence-electron chi connectivity index (χ1n) is 7.67. The van der Waals surface area contributed by atoms with Gasteiger partial charge in [-0.3, -0.25) is 14.8 Å². The van der Waals surface area contributed by atoms with Crippen LogP contribution in [0.4, 0.5) is 0 Å². The lowest BCUT2D eigenvalue weighted by Crippen LogP contribution is -2.48. The molecular weight excluding hydrogens is 388 g/mol. The zero-order valence-electron chi connectivity index (χ0n) is 13.0. The van der Waals surface area contributed by atoms with Crippen LogP contribution in [0.3, 0.4) is 0 Å². The summed E-state index contributed by atoms with van der Waals surface area (Å²) >= 11 is 8.86. The molecule has 2 aromatic rings.